The Morgan fingerprint density at radius 3 is 2.38 bits per heavy atom. The van der Waals surface area contributed by atoms with Crippen LogP contribution in [0.4, 0.5) is 0 Å². The van der Waals surface area contributed by atoms with E-state index in [-0.39, 0.29) is 10.8 Å². The molecule has 1 aromatic heterocycles. The summed E-state index contributed by atoms with van der Waals surface area (Å²) in [7, 11) is 1.58. The fourth-order valence-electron chi connectivity index (χ4n) is 2.15. The maximum absolute atomic E-state index is 12.6. The van der Waals surface area contributed by atoms with Gasteiger partial charge in [0.2, 0.25) is 0 Å². The highest BCUT2D eigenvalue weighted by atomic mass is 79.9. The van der Waals surface area contributed by atoms with Gasteiger partial charge in [-0.25, -0.2) is 9.78 Å². The van der Waals surface area contributed by atoms with Gasteiger partial charge in [-0.15, -0.1) is 0 Å². The predicted molar refractivity (Wildman–Crippen MR) is 94.2 cm³/mol. The third-order valence-electron chi connectivity index (χ3n) is 3.27. The lowest BCUT2D eigenvalue weighted by Gasteiger charge is -2.10. The molecule has 0 saturated heterocycles. The summed E-state index contributed by atoms with van der Waals surface area (Å²) in [4.78, 5) is 16.7. The zero-order chi connectivity index (χ0) is 17.1. The molecule has 122 valence electrons. The summed E-state index contributed by atoms with van der Waals surface area (Å²) in [5.41, 5.74) is 0.833. The number of rotatable bonds is 4. The first-order valence-corrected chi connectivity index (χ1v) is 8.12. The summed E-state index contributed by atoms with van der Waals surface area (Å²) >= 11 is 9.45. The zero-order valence-corrected chi connectivity index (χ0v) is 14.9. The number of aromatic nitrogens is 2. The van der Waals surface area contributed by atoms with E-state index in [0.717, 1.165) is 0 Å². The molecule has 3 aromatic rings. The summed E-state index contributed by atoms with van der Waals surface area (Å²) in [6.45, 7) is 0. The minimum absolute atomic E-state index is 0.0543. The Labute approximate surface area is 151 Å². The molecular weight excluding hydrogens is 396 g/mol. The van der Waals surface area contributed by atoms with Crippen molar-refractivity contribution in [3.8, 4) is 17.2 Å². The van der Waals surface area contributed by atoms with Gasteiger partial charge in [0.1, 0.15) is 11.5 Å². The molecule has 0 bridgehead atoms. The molecule has 5 nitrogen and oxygen atoms in total. The molecule has 0 aliphatic carbocycles. The van der Waals surface area contributed by atoms with Crippen molar-refractivity contribution in [2.45, 2.75) is 0 Å². The Balaban J connectivity index is 2.00. The lowest BCUT2D eigenvalue weighted by molar-refractivity contribution is 0.0726. The first kappa shape index (κ1) is 16.5. The minimum Gasteiger partial charge on any atom is -0.497 e. The summed E-state index contributed by atoms with van der Waals surface area (Å²) in [6, 6.07) is 15.9. The Morgan fingerprint density at radius 2 is 1.75 bits per heavy atom. The van der Waals surface area contributed by atoms with Gasteiger partial charge in [0.05, 0.1) is 7.11 Å². The molecule has 0 unspecified atom stereocenters. The van der Waals surface area contributed by atoms with Crippen molar-refractivity contribution in [1.29, 1.82) is 0 Å². The number of ether oxygens (including phenoxy) is 2. The molecule has 0 fully saturated rings. The van der Waals surface area contributed by atoms with E-state index in [9.17, 15) is 4.79 Å². The smallest absolute Gasteiger partial charge is 0.364 e. The fraction of sp³-hybridized carbons (Fsp3) is 0.0588. The Hall–Kier alpha value is -2.31. The van der Waals surface area contributed by atoms with Crippen LogP contribution in [0.1, 0.15) is 10.5 Å². The van der Waals surface area contributed by atoms with Crippen molar-refractivity contribution < 1.29 is 14.3 Å². The van der Waals surface area contributed by atoms with Gasteiger partial charge in [-0.2, -0.15) is 0 Å². The first-order chi connectivity index (χ1) is 11.6. The molecule has 0 N–H and O–H groups in total. The number of nitrogens with zero attached hydrogens (tertiary/aromatic N) is 2. The van der Waals surface area contributed by atoms with Crippen LogP contribution in [0.15, 0.2) is 59.3 Å². The van der Waals surface area contributed by atoms with Crippen LogP contribution < -0.4 is 9.47 Å². The largest absolute Gasteiger partial charge is 0.497 e. The van der Waals surface area contributed by atoms with Gasteiger partial charge >= 0.3 is 5.97 Å². The molecule has 3 rings (SSSR count). The van der Waals surface area contributed by atoms with Crippen LogP contribution in [0.25, 0.3) is 5.69 Å². The number of carbonyl (C=O) groups is 1. The molecule has 0 aliphatic heterocycles. The van der Waals surface area contributed by atoms with Crippen LogP contribution in [0.3, 0.4) is 0 Å². The van der Waals surface area contributed by atoms with E-state index in [1.165, 1.54) is 0 Å². The minimum atomic E-state index is -0.597. The molecule has 1 heterocycles. The van der Waals surface area contributed by atoms with Gasteiger partial charge in [-0.05, 0) is 52.3 Å². The van der Waals surface area contributed by atoms with Gasteiger partial charge in [0.15, 0.2) is 15.6 Å². The lowest BCUT2D eigenvalue weighted by Crippen LogP contribution is -2.14. The summed E-state index contributed by atoms with van der Waals surface area (Å²) in [5, 5.41) is 0.0543. The standard InChI is InChI=1S/C17H12BrClN2O3/c1-23-12-9-7-11(8-10-12)21-14(15(19)20-17(21)18)16(22)24-13-5-3-2-4-6-13/h2-10H,1H3. The van der Waals surface area contributed by atoms with Gasteiger partial charge in [-0.1, -0.05) is 29.8 Å². The van der Waals surface area contributed by atoms with E-state index in [4.69, 9.17) is 21.1 Å². The molecular formula is C17H12BrClN2O3. The molecule has 0 amide bonds. The van der Waals surface area contributed by atoms with Crippen LogP contribution in [0.2, 0.25) is 5.15 Å². The maximum atomic E-state index is 12.6. The molecule has 7 heteroatoms. The van der Waals surface area contributed by atoms with E-state index in [1.54, 1.807) is 60.2 Å². The second-order valence-electron chi connectivity index (χ2n) is 4.76. The number of hydrogen-bond donors (Lipinski definition) is 0. The third-order valence-corrected chi connectivity index (χ3v) is 4.07. The van der Waals surface area contributed by atoms with E-state index in [1.807, 2.05) is 6.07 Å². The fourth-order valence-corrected chi connectivity index (χ4v) is 3.06. The van der Waals surface area contributed by atoms with Crippen molar-refractivity contribution >= 4 is 33.5 Å². The highest BCUT2D eigenvalue weighted by Crippen LogP contribution is 2.28. The molecule has 0 radical (unpaired) electrons. The topological polar surface area (TPSA) is 53.4 Å². The number of halogens is 2. The zero-order valence-electron chi connectivity index (χ0n) is 12.6. The number of para-hydroxylation sites is 1. The highest BCUT2D eigenvalue weighted by molar-refractivity contribution is 9.10. The summed E-state index contributed by atoms with van der Waals surface area (Å²) in [6.07, 6.45) is 0. The van der Waals surface area contributed by atoms with E-state index in [0.29, 0.717) is 21.9 Å². The maximum Gasteiger partial charge on any atom is 0.364 e. The van der Waals surface area contributed by atoms with Crippen LogP contribution in [-0.2, 0) is 0 Å². The second kappa shape index (κ2) is 7.07. The number of imidazole rings is 1. The SMILES string of the molecule is COc1ccc(-n2c(Br)nc(Cl)c2C(=O)Oc2ccccc2)cc1. The second-order valence-corrected chi connectivity index (χ2v) is 5.82. The van der Waals surface area contributed by atoms with Crippen LogP contribution >= 0.6 is 27.5 Å². The van der Waals surface area contributed by atoms with Gasteiger partial charge in [-0.3, -0.25) is 4.57 Å². The molecule has 24 heavy (non-hydrogen) atoms. The van der Waals surface area contributed by atoms with Crippen molar-refractivity contribution in [1.82, 2.24) is 9.55 Å². The summed E-state index contributed by atoms with van der Waals surface area (Å²) < 4.78 is 12.5. The van der Waals surface area contributed by atoms with E-state index < -0.39 is 5.97 Å². The number of benzene rings is 2. The monoisotopic (exact) mass is 406 g/mol. The normalized spacial score (nSPS) is 10.5. The average molecular weight is 408 g/mol. The number of carbonyl (C=O) groups excluding carboxylic acids is 1. The quantitative estimate of drug-likeness (QED) is 0.471. The average Bonchev–Trinajstić information content (AvgIpc) is 2.90. The van der Waals surface area contributed by atoms with Crippen LogP contribution in [0.5, 0.6) is 11.5 Å². The van der Waals surface area contributed by atoms with Crippen LogP contribution in [-0.4, -0.2) is 22.6 Å². The highest BCUT2D eigenvalue weighted by Gasteiger charge is 2.24. The van der Waals surface area contributed by atoms with Crippen molar-refractivity contribution in [3.63, 3.8) is 0 Å². The van der Waals surface area contributed by atoms with E-state index in [2.05, 4.69) is 20.9 Å². The molecule has 2 aromatic carbocycles. The van der Waals surface area contributed by atoms with E-state index >= 15 is 0 Å². The number of esters is 1. The van der Waals surface area contributed by atoms with Crippen molar-refractivity contribution in [2.24, 2.45) is 0 Å². The van der Waals surface area contributed by atoms with Gasteiger partial charge in [0.25, 0.3) is 0 Å². The van der Waals surface area contributed by atoms with Gasteiger partial charge in [0, 0.05) is 5.69 Å². The Kier molecular flexibility index (Phi) is 4.87. The molecule has 0 aliphatic rings. The Morgan fingerprint density at radius 1 is 1.08 bits per heavy atom. The van der Waals surface area contributed by atoms with Gasteiger partial charge < -0.3 is 9.47 Å². The molecule has 0 atom stereocenters. The van der Waals surface area contributed by atoms with Crippen molar-refractivity contribution in [2.75, 3.05) is 7.11 Å². The number of methoxy groups -OCH3 is 1. The molecule has 0 spiro atoms. The summed E-state index contributed by atoms with van der Waals surface area (Å²) in [5.74, 6) is 0.534. The van der Waals surface area contributed by atoms with Crippen molar-refractivity contribution in [3.05, 3.63) is 70.2 Å². The molecule has 0 saturated carbocycles. The first-order valence-electron chi connectivity index (χ1n) is 6.95. The van der Waals surface area contributed by atoms with Crippen LogP contribution in [0, 0.1) is 0 Å². The third kappa shape index (κ3) is 3.29. The Bertz CT molecular complexity index is 864. The lowest BCUT2D eigenvalue weighted by atomic mass is 10.3. The predicted octanol–water partition coefficient (Wildman–Crippen LogP) is 4.52. The number of hydrogen-bond acceptors (Lipinski definition) is 4.